The zero-order chi connectivity index (χ0) is 19.6. The van der Waals surface area contributed by atoms with Gasteiger partial charge in [0.15, 0.2) is 0 Å². The molecule has 9 atom stereocenters. The lowest BCUT2D eigenvalue weighted by Gasteiger charge is -2.62. The quantitative estimate of drug-likeness (QED) is 0.548. The second kappa shape index (κ2) is 6.31. The highest BCUT2D eigenvalue weighted by atomic mass is 16.3. The van der Waals surface area contributed by atoms with E-state index in [1.807, 2.05) is 7.05 Å². The van der Waals surface area contributed by atoms with Crippen LogP contribution in [-0.4, -0.2) is 46.0 Å². The van der Waals surface area contributed by atoms with Gasteiger partial charge >= 0.3 is 5.91 Å². The number of nitrogens with zero attached hydrogens (tertiary/aromatic N) is 1. The average molecular weight is 375 g/mol. The van der Waals surface area contributed by atoms with Gasteiger partial charge in [-0.3, -0.25) is 0 Å². The van der Waals surface area contributed by atoms with Crippen molar-refractivity contribution in [3.8, 4) is 11.8 Å². The van der Waals surface area contributed by atoms with Gasteiger partial charge in [0.05, 0.1) is 19.6 Å². The van der Waals surface area contributed by atoms with Crippen molar-refractivity contribution in [3.63, 3.8) is 0 Å². The molecule has 0 radical (unpaired) electrons. The van der Waals surface area contributed by atoms with Crippen LogP contribution in [0, 0.1) is 40.4 Å². The van der Waals surface area contributed by atoms with E-state index < -0.39 is 6.23 Å². The predicted molar refractivity (Wildman–Crippen MR) is 104 cm³/mol. The molecule has 0 spiro atoms. The predicted octanol–water partition coefficient (Wildman–Crippen LogP) is 3.07. The molecule has 3 aliphatic carbocycles. The van der Waals surface area contributed by atoms with Crippen molar-refractivity contribution in [2.45, 2.75) is 90.5 Å². The van der Waals surface area contributed by atoms with Crippen molar-refractivity contribution in [2.24, 2.45) is 28.6 Å². The first-order chi connectivity index (χ1) is 12.7. The van der Waals surface area contributed by atoms with E-state index in [2.05, 4.69) is 25.7 Å². The molecular formula is C23H36NO3+. The number of quaternary nitrogens is 1. The molecule has 0 bridgehead atoms. The standard InChI is InChI=1S/C23H36NO3/c1-5-6-20(26)24(4)18-9-7-15-16-8-10-19(25)23(16,3)13-11-17(15)22(18,2)14-12-21(24)27/h15-20,25-26H,7-14H2,1-4H3/q+1/t15-,16-,17-,18+,19+,20?,22+,23-,24?/m0/s1. The highest BCUT2D eigenvalue weighted by molar-refractivity contribution is 5.70. The van der Waals surface area contributed by atoms with Crippen LogP contribution in [0.3, 0.4) is 0 Å². The van der Waals surface area contributed by atoms with Crippen LogP contribution in [0.5, 0.6) is 0 Å². The van der Waals surface area contributed by atoms with Crippen molar-refractivity contribution in [1.82, 2.24) is 0 Å². The number of aliphatic hydroxyl groups excluding tert-OH is 2. The van der Waals surface area contributed by atoms with Gasteiger partial charge in [0, 0.05) is 11.8 Å². The molecule has 27 heavy (non-hydrogen) atoms. The van der Waals surface area contributed by atoms with Gasteiger partial charge in [0.2, 0.25) is 0 Å². The zero-order valence-electron chi connectivity index (χ0n) is 17.4. The fourth-order valence-electron chi connectivity index (χ4n) is 8.00. The van der Waals surface area contributed by atoms with Crippen LogP contribution in [0.4, 0.5) is 0 Å². The minimum Gasteiger partial charge on any atom is -0.393 e. The Morgan fingerprint density at radius 3 is 2.48 bits per heavy atom. The van der Waals surface area contributed by atoms with Gasteiger partial charge in [-0.1, -0.05) is 19.8 Å². The van der Waals surface area contributed by atoms with Crippen molar-refractivity contribution in [2.75, 3.05) is 7.05 Å². The number of hydrogen-bond acceptors (Lipinski definition) is 3. The normalized spacial score (nSPS) is 52.8. The average Bonchev–Trinajstić information content (AvgIpc) is 2.94. The molecule has 2 N–H and O–H groups in total. The molecule has 1 aliphatic heterocycles. The van der Waals surface area contributed by atoms with E-state index in [0.717, 1.165) is 44.9 Å². The second-order valence-electron chi connectivity index (χ2n) is 10.4. The summed E-state index contributed by atoms with van der Waals surface area (Å²) in [5.74, 6) is 7.69. The fourth-order valence-corrected chi connectivity index (χ4v) is 8.00. The Labute approximate surface area is 163 Å². The summed E-state index contributed by atoms with van der Waals surface area (Å²) in [6.45, 7) is 6.43. The number of piperidine rings is 1. The molecule has 0 aromatic rings. The lowest BCUT2D eigenvalue weighted by atomic mass is 9.47. The van der Waals surface area contributed by atoms with E-state index in [1.165, 1.54) is 0 Å². The maximum atomic E-state index is 13.0. The van der Waals surface area contributed by atoms with E-state index in [-0.39, 0.29) is 33.4 Å². The molecule has 4 fully saturated rings. The van der Waals surface area contributed by atoms with Gasteiger partial charge < -0.3 is 10.2 Å². The zero-order valence-corrected chi connectivity index (χ0v) is 17.4. The lowest BCUT2D eigenvalue weighted by Crippen LogP contribution is -2.72. The highest BCUT2D eigenvalue weighted by Crippen LogP contribution is 2.65. The molecule has 4 rings (SSSR count). The summed E-state index contributed by atoms with van der Waals surface area (Å²) >= 11 is 0. The monoisotopic (exact) mass is 374 g/mol. The van der Waals surface area contributed by atoms with Crippen LogP contribution in [0.25, 0.3) is 0 Å². The van der Waals surface area contributed by atoms with Crippen molar-refractivity contribution in [1.29, 1.82) is 0 Å². The first kappa shape index (κ1) is 19.4. The van der Waals surface area contributed by atoms with Crippen LogP contribution in [0.15, 0.2) is 0 Å². The van der Waals surface area contributed by atoms with Crippen LogP contribution in [0.1, 0.15) is 72.1 Å². The first-order valence-electron chi connectivity index (χ1n) is 10.9. The molecular weight excluding hydrogens is 338 g/mol. The fraction of sp³-hybridized carbons (Fsp3) is 0.870. The molecule has 1 heterocycles. The Morgan fingerprint density at radius 1 is 1.07 bits per heavy atom. The highest BCUT2D eigenvalue weighted by Gasteiger charge is 2.66. The van der Waals surface area contributed by atoms with Crippen molar-refractivity contribution < 1.29 is 19.5 Å². The molecule has 1 amide bonds. The summed E-state index contributed by atoms with van der Waals surface area (Å²) in [4.78, 5) is 13.0. The van der Waals surface area contributed by atoms with Gasteiger partial charge in [0.25, 0.3) is 6.23 Å². The maximum Gasteiger partial charge on any atom is 0.316 e. The number of amides is 1. The van der Waals surface area contributed by atoms with Crippen LogP contribution >= 0.6 is 0 Å². The SMILES string of the molecule is CC#CC(O)[N+]1(C)C(=O)CC[C@@]2(C)[C@H]1CC[C@@H]1[C@@H]2CC[C@]2(C)[C@H](O)CC[C@@H]12. The largest absolute Gasteiger partial charge is 0.393 e. The van der Waals surface area contributed by atoms with E-state index in [0.29, 0.717) is 24.2 Å². The Morgan fingerprint density at radius 2 is 1.78 bits per heavy atom. The summed E-state index contributed by atoms with van der Waals surface area (Å²) in [7, 11) is 1.92. The van der Waals surface area contributed by atoms with Gasteiger partial charge in [-0.25, -0.2) is 9.28 Å². The number of rotatable bonds is 1. The molecule has 4 nitrogen and oxygen atoms in total. The summed E-state index contributed by atoms with van der Waals surface area (Å²) in [5.41, 5.74) is 0.150. The number of likely N-dealkylation sites (tertiary alicyclic amines) is 1. The summed E-state index contributed by atoms with van der Waals surface area (Å²) in [6, 6.07) is 0.145. The first-order valence-corrected chi connectivity index (χ1v) is 10.9. The molecule has 3 saturated carbocycles. The number of carbonyl (C=O) groups is 1. The third-order valence-electron chi connectivity index (χ3n) is 9.61. The molecule has 2 unspecified atom stereocenters. The summed E-state index contributed by atoms with van der Waals surface area (Å²) < 4.78 is 0.0745. The Bertz CT molecular complexity index is 695. The van der Waals surface area contributed by atoms with Crippen LogP contribution in [-0.2, 0) is 4.79 Å². The van der Waals surface area contributed by atoms with Crippen molar-refractivity contribution in [3.05, 3.63) is 0 Å². The maximum absolute atomic E-state index is 13.0. The number of carbonyl (C=O) groups excluding carboxylic acids is 1. The minimum atomic E-state index is -0.925. The second-order valence-corrected chi connectivity index (χ2v) is 10.4. The number of fused-ring (bicyclic) bond motifs is 5. The minimum absolute atomic E-state index is 0.0663. The number of aliphatic hydroxyl groups is 2. The number of hydrogen-bond donors (Lipinski definition) is 2. The summed E-state index contributed by atoms with van der Waals surface area (Å²) in [6.07, 6.45) is 6.83. The van der Waals surface area contributed by atoms with E-state index >= 15 is 0 Å². The molecule has 4 aliphatic rings. The summed E-state index contributed by atoms with van der Waals surface area (Å²) in [5, 5.41) is 21.4. The van der Waals surface area contributed by atoms with Gasteiger partial charge in [-0.05, 0) is 74.5 Å². The lowest BCUT2D eigenvalue weighted by molar-refractivity contribution is -0.912. The van der Waals surface area contributed by atoms with E-state index in [9.17, 15) is 15.0 Å². The molecule has 4 heteroatoms. The van der Waals surface area contributed by atoms with E-state index in [1.54, 1.807) is 6.92 Å². The third kappa shape index (κ3) is 2.44. The van der Waals surface area contributed by atoms with Crippen LogP contribution < -0.4 is 0 Å². The van der Waals surface area contributed by atoms with Crippen molar-refractivity contribution >= 4 is 5.91 Å². The van der Waals surface area contributed by atoms with Gasteiger partial charge in [0.1, 0.15) is 6.04 Å². The molecule has 0 aromatic carbocycles. The molecule has 0 aromatic heterocycles. The molecule has 150 valence electrons. The Kier molecular flexibility index (Phi) is 4.54. The third-order valence-corrected chi connectivity index (χ3v) is 9.61. The Balaban J connectivity index is 1.70. The molecule has 1 saturated heterocycles. The topological polar surface area (TPSA) is 57.5 Å². The Hall–Kier alpha value is -0.890. The van der Waals surface area contributed by atoms with Crippen LogP contribution in [0.2, 0.25) is 0 Å². The van der Waals surface area contributed by atoms with Gasteiger partial charge in [-0.2, -0.15) is 0 Å². The van der Waals surface area contributed by atoms with E-state index in [4.69, 9.17) is 0 Å². The van der Waals surface area contributed by atoms with Gasteiger partial charge in [-0.15, -0.1) is 0 Å². The smallest absolute Gasteiger partial charge is 0.316 e.